The van der Waals surface area contributed by atoms with Crippen LogP contribution in [0.1, 0.15) is 18.9 Å². The van der Waals surface area contributed by atoms with Gasteiger partial charge in [0.15, 0.2) is 0 Å². The summed E-state index contributed by atoms with van der Waals surface area (Å²) in [5.74, 6) is 0. The van der Waals surface area contributed by atoms with Crippen LogP contribution in [0.25, 0.3) is 0 Å². The molecule has 16 heavy (non-hydrogen) atoms. The Kier molecular flexibility index (Phi) is 3.12. The number of piperidine rings is 1. The molecule has 5 nitrogen and oxygen atoms in total. The van der Waals surface area contributed by atoms with Gasteiger partial charge in [0, 0.05) is 39.6 Å². The Labute approximate surface area is 95.6 Å². The Morgan fingerprint density at radius 1 is 1.38 bits per heavy atom. The lowest BCUT2D eigenvalue weighted by Gasteiger charge is -2.33. The van der Waals surface area contributed by atoms with Gasteiger partial charge in [0.25, 0.3) is 0 Å². The van der Waals surface area contributed by atoms with Crippen molar-refractivity contribution in [3.8, 4) is 0 Å². The van der Waals surface area contributed by atoms with E-state index in [1.54, 1.807) is 25.2 Å². The van der Waals surface area contributed by atoms with E-state index in [2.05, 4.69) is 5.10 Å². The number of likely N-dealkylation sites (tertiary alicyclic amines) is 1. The Morgan fingerprint density at radius 2 is 2.06 bits per heavy atom. The van der Waals surface area contributed by atoms with Gasteiger partial charge in [-0.1, -0.05) is 0 Å². The first kappa shape index (κ1) is 11.0. The minimum Gasteiger partial charge on any atom is -0.331 e. The molecule has 1 aliphatic heterocycles. The van der Waals surface area contributed by atoms with Crippen LogP contribution in [0, 0.1) is 0 Å². The molecule has 1 aromatic heterocycles. The maximum atomic E-state index is 11.7. The molecule has 0 unspecified atom stereocenters. The quantitative estimate of drug-likeness (QED) is 0.716. The molecule has 0 radical (unpaired) electrons. The summed E-state index contributed by atoms with van der Waals surface area (Å²) in [4.78, 5) is 15.3. The van der Waals surface area contributed by atoms with Gasteiger partial charge in [-0.2, -0.15) is 5.10 Å². The van der Waals surface area contributed by atoms with Crippen LogP contribution in [0.4, 0.5) is 4.79 Å². The van der Waals surface area contributed by atoms with E-state index in [9.17, 15) is 4.79 Å². The molecule has 0 atom stereocenters. The van der Waals surface area contributed by atoms with E-state index in [0.717, 1.165) is 25.9 Å². The molecular weight excluding hydrogens is 204 g/mol. The Hall–Kier alpha value is -1.52. The number of hydrogen-bond acceptors (Lipinski definition) is 2. The van der Waals surface area contributed by atoms with Crippen LogP contribution in [-0.4, -0.2) is 52.8 Å². The first-order chi connectivity index (χ1) is 7.68. The van der Waals surface area contributed by atoms with Gasteiger partial charge in [-0.25, -0.2) is 4.79 Å². The van der Waals surface area contributed by atoms with Crippen molar-refractivity contribution in [3.63, 3.8) is 0 Å². The van der Waals surface area contributed by atoms with E-state index < -0.39 is 0 Å². The lowest BCUT2D eigenvalue weighted by atomic mass is 10.1. The Morgan fingerprint density at radius 3 is 2.56 bits per heavy atom. The molecule has 1 saturated heterocycles. The summed E-state index contributed by atoms with van der Waals surface area (Å²) in [7, 11) is 3.59. The lowest BCUT2D eigenvalue weighted by Crippen LogP contribution is -2.44. The molecular formula is C11H18N4O. The topological polar surface area (TPSA) is 41.4 Å². The molecule has 0 aliphatic carbocycles. The van der Waals surface area contributed by atoms with Crippen LogP contribution in [0.15, 0.2) is 18.5 Å². The minimum atomic E-state index is 0.110. The summed E-state index contributed by atoms with van der Waals surface area (Å²) in [5, 5.41) is 4.25. The number of amides is 2. The van der Waals surface area contributed by atoms with E-state index in [0.29, 0.717) is 6.04 Å². The fourth-order valence-electron chi connectivity index (χ4n) is 2.10. The number of rotatable bonds is 1. The molecule has 0 saturated carbocycles. The first-order valence-electron chi connectivity index (χ1n) is 5.64. The van der Waals surface area contributed by atoms with Crippen LogP contribution in [0.2, 0.25) is 0 Å². The third-order valence-electron chi connectivity index (χ3n) is 3.02. The van der Waals surface area contributed by atoms with Crippen molar-refractivity contribution in [1.29, 1.82) is 0 Å². The van der Waals surface area contributed by atoms with Crippen molar-refractivity contribution in [2.45, 2.75) is 18.9 Å². The summed E-state index contributed by atoms with van der Waals surface area (Å²) in [6, 6.07) is 2.50. The first-order valence-corrected chi connectivity index (χ1v) is 5.64. The highest BCUT2D eigenvalue weighted by Crippen LogP contribution is 2.21. The van der Waals surface area contributed by atoms with Crippen molar-refractivity contribution >= 4 is 6.03 Å². The number of nitrogens with zero attached hydrogens (tertiary/aromatic N) is 4. The van der Waals surface area contributed by atoms with E-state index in [-0.39, 0.29) is 6.03 Å². The zero-order valence-electron chi connectivity index (χ0n) is 9.83. The zero-order valence-corrected chi connectivity index (χ0v) is 9.83. The zero-order chi connectivity index (χ0) is 11.5. The molecule has 0 bridgehead atoms. The molecule has 2 rings (SSSR count). The van der Waals surface area contributed by atoms with Crippen LogP contribution in [-0.2, 0) is 0 Å². The van der Waals surface area contributed by atoms with Gasteiger partial charge in [0.2, 0.25) is 0 Å². The van der Waals surface area contributed by atoms with Gasteiger partial charge < -0.3 is 9.80 Å². The van der Waals surface area contributed by atoms with Crippen molar-refractivity contribution in [2.24, 2.45) is 0 Å². The highest BCUT2D eigenvalue weighted by molar-refractivity contribution is 5.73. The molecule has 0 spiro atoms. The summed E-state index contributed by atoms with van der Waals surface area (Å²) < 4.78 is 2.00. The van der Waals surface area contributed by atoms with Gasteiger partial charge in [-0.15, -0.1) is 0 Å². The fraction of sp³-hybridized carbons (Fsp3) is 0.636. The number of hydrogen-bond donors (Lipinski definition) is 0. The van der Waals surface area contributed by atoms with Crippen molar-refractivity contribution in [2.75, 3.05) is 27.2 Å². The second-order valence-electron chi connectivity index (χ2n) is 4.38. The summed E-state index contributed by atoms with van der Waals surface area (Å²) >= 11 is 0. The van der Waals surface area contributed by atoms with Gasteiger partial charge in [0.05, 0.1) is 6.04 Å². The second-order valence-corrected chi connectivity index (χ2v) is 4.38. The summed E-state index contributed by atoms with van der Waals surface area (Å²) in [6.45, 7) is 1.64. The Bertz CT molecular complexity index is 339. The van der Waals surface area contributed by atoms with Crippen molar-refractivity contribution < 1.29 is 4.79 Å². The molecule has 0 aromatic carbocycles. The smallest absolute Gasteiger partial charge is 0.319 e. The van der Waals surface area contributed by atoms with Gasteiger partial charge in [-0.3, -0.25) is 4.68 Å². The molecule has 2 amide bonds. The van der Waals surface area contributed by atoms with Crippen LogP contribution < -0.4 is 0 Å². The molecule has 1 aromatic rings. The molecule has 0 N–H and O–H groups in total. The van der Waals surface area contributed by atoms with Crippen LogP contribution >= 0.6 is 0 Å². The maximum absolute atomic E-state index is 11.7. The summed E-state index contributed by atoms with van der Waals surface area (Å²) in [6.07, 6.45) is 5.77. The number of aromatic nitrogens is 2. The maximum Gasteiger partial charge on any atom is 0.319 e. The predicted octanol–water partition coefficient (Wildman–Crippen LogP) is 1.20. The SMILES string of the molecule is CN(C)C(=O)N1CCC(n2cccn2)CC1. The van der Waals surface area contributed by atoms with E-state index in [1.807, 2.05) is 21.8 Å². The molecule has 2 heterocycles. The predicted molar refractivity (Wildman–Crippen MR) is 61.2 cm³/mol. The Balaban J connectivity index is 1.90. The van der Waals surface area contributed by atoms with Gasteiger partial charge in [0.1, 0.15) is 0 Å². The molecule has 1 aliphatic rings. The average Bonchev–Trinajstić information content (AvgIpc) is 2.81. The normalized spacial score (nSPS) is 17.5. The largest absolute Gasteiger partial charge is 0.331 e. The fourth-order valence-corrected chi connectivity index (χ4v) is 2.10. The standard InChI is InChI=1S/C11H18N4O/c1-13(2)11(16)14-8-4-10(5-9-14)15-7-3-6-12-15/h3,6-7,10H,4-5,8-9H2,1-2H3. The summed E-state index contributed by atoms with van der Waals surface area (Å²) in [5.41, 5.74) is 0. The van der Waals surface area contributed by atoms with E-state index >= 15 is 0 Å². The second kappa shape index (κ2) is 4.55. The van der Waals surface area contributed by atoms with Gasteiger partial charge in [-0.05, 0) is 18.9 Å². The monoisotopic (exact) mass is 222 g/mol. The minimum absolute atomic E-state index is 0.110. The highest BCUT2D eigenvalue weighted by atomic mass is 16.2. The van der Waals surface area contributed by atoms with Crippen LogP contribution in [0.3, 0.4) is 0 Å². The third-order valence-corrected chi connectivity index (χ3v) is 3.02. The van der Waals surface area contributed by atoms with E-state index in [1.165, 1.54) is 0 Å². The van der Waals surface area contributed by atoms with Gasteiger partial charge >= 0.3 is 6.03 Å². The third kappa shape index (κ3) is 2.18. The molecule has 5 heteroatoms. The van der Waals surface area contributed by atoms with Crippen molar-refractivity contribution in [3.05, 3.63) is 18.5 Å². The van der Waals surface area contributed by atoms with Crippen molar-refractivity contribution in [1.82, 2.24) is 19.6 Å². The molecule has 1 fully saturated rings. The highest BCUT2D eigenvalue weighted by Gasteiger charge is 2.24. The van der Waals surface area contributed by atoms with E-state index in [4.69, 9.17) is 0 Å². The molecule has 88 valence electrons. The number of carbonyl (C=O) groups is 1. The van der Waals surface area contributed by atoms with Crippen LogP contribution in [0.5, 0.6) is 0 Å². The number of carbonyl (C=O) groups excluding carboxylic acids is 1. The number of urea groups is 1. The lowest BCUT2D eigenvalue weighted by molar-refractivity contribution is 0.146. The average molecular weight is 222 g/mol.